The second-order valence-corrected chi connectivity index (χ2v) is 3.80. The zero-order chi connectivity index (χ0) is 12.3. The van der Waals surface area contributed by atoms with Crippen molar-refractivity contribution in [2.24, 2.45) is 0 Å². The number of carboxylic acid groups (broad SMARTS) is 1. The second kappa shape index (κ2) is 4.88. The van der Waals surface area contributed by atoms with Crippen LogP contribution in [0, 0.1) is 6.92 Å². The van der Waals surface area contributed by atoms with Crippen LogP contribution in [0.15, 0.2) is 18.2 Å². The molecule has 0 amide bonds. The molecule has 1 aromatic rings. The molecule has 0 bridgehead atoms. The van der Waals surface area contributed by atoms with E-state index in [0.717, 1.165) is 11.3 Å². The summed E-state index contributed by atoms with van der Waals surface area (Å²) in [6.45, 7) is 3.60. The van der Waals surface area contributed by atoms with Gasteiger partial charge in [-0.1, -0.05) is 6.07 Å². The lowest BCUT2D eigenvalue weighted by molar-refractivity contribution is -0.138. The highest BCUT2D eigenvalue weighted by Crippen LogP contribution is 2.29. The fraction of sp³-hybridized carbons (Fsp3) is 0.417. The van der Waals surface area contributed by atoms with Crippen molar-refractivity contribution in [3.63, 3.8) is 0 Å². The van der Waals surface area contributed by atoms with Gasteiger partial charge in [0.2, 0.25) is 0 Å². The molecule has 0 aromatic heterocycles. The summed E-state index contributed by atoms with van der Waals surface area (Å²) in [7, 11) is 3.32. The molecule has 0 heterocycles. The predicted molar refractivity (Wildman–Crippen MR) is 63.2 cm³/mol. The molecule has 0 fully saturated rings. The van der Waals surface area contributed by atoms with Gasteiger partial charge in [0.25, 0.3) is 0 Å². The van der Waals surface area contributed by atoms with Gasteiger partial charge in [-0.05, 0) is 31.5 Å². The third-order valence-electron chi connectivity index (χ3n) is 2.65. The highest BCUT2D eigenvalue weighted by atomic mass is 16.5. The Morgan fingerprint density at radius 1 is 1.50 bits per heavy atom. The fourth-order valence-corrected chi connectivity index (χ4v) is 1.45. The van der Waals surface area contributed by atoms with Crippen molar-refractivity contribution in [3.05, 3.63) is 23.8 Å². The molecule has 0 unspecified atom stereocenters. The molecule has 0 aliphatic carbocycles. The van der Waals surface area contributed by atoms with E-state index in [1.165, 1.54) is 0 Å². The van der Waals surface area contributed by atoms with Crippen molar-refractivity contribution >= 4 is 11.7 Å². The van der Waals surface area contributed by atoms with Crippen LogP contribution >= 0.6 is 0 Å². The van der Waals surface area contributed by atoms with E-state index in [0.29, 0.717) is 5.75 Å². The van der Waals surface area contributed by atoms with Crippen LogP contribution in [0.25, 0.3) is 0 Å². The van der Waals surface area contributed by atoms with Crippen LogP contribution in [0.3, 0.4) is 0 Å². The number of anilines is 1. The van der Waals surface area contributed by atoms with Gasteiger partial charge in [-0.25, -0.2) is 4.79 Å². The number of carboxylic acids is 1. The smallest absolute Gasteiger partial charge is 0.326 e. The Morgan fingerprint density at radius 2 is 2.12 bits per heavy atom. The average Bonchev–Trinajstić information content (AvgIpc) is 2.26. The molecule has 0 spiro atoms. The van der Waals surface area contributed by atoms with Crippen LogP contribution in [0.4, 0.5) is 5.69 Å². The minimum absolute atomic E-state index is 0.587. The highest BCUT2D eigenvalue weighted by Gasteiger charge is 2.19. The van der Waals surface area contributed by atoms with Crippen molar-refractivity contribution in [1.82, 2.24) is 0 Å². The molecule has 0 saturated heterocycles. The number of hydrogen-bond donors (Lipinski definition) is 1. The summed E-state index contributed by atoms with van der Waals surface area (Å²) < 4.78 is 5.22. The van der Waals surface area contributed by atoms with Crippen LogP contribution in [0.2, 0.25) is 0 Å². The number of carbonyl (C=O) groups is 1. The van der Waals surface area contributed by atoms with Crippen LogP contribution in [-0.4, -0.2) is 31.3 Å². The van der Waals surface area contributed by atoms with Crippen LogP contribution < -0.4 is 9.64 Å². The maximum atomic E-state index is 10.9. The molecular formula is C12H17NO3. The number of ether oxygens (including phenoxy) is 1. The Balaban J connectivity index is 3.10. The molecule has 0 aliphatic heterocycles. The first kappa shape index (κ1) is 12.4. The molecule has 1 aromatic carbocycles. The van der Waals surface area contributed by atoms with Gasteiger partial charge in [-0.2, -0.15) is 0 Å². The van der Waals surface area contributed by atoms with E-state index in [1.54, 1.807) is 26.0 Å². The standard InChI is InChI=1S/C12H17NO3/c1-8-5-6-11(16-4)10(7-8)13(3)9(2)12(14)15/h5-7,9H,1-4H3,(H,14,15)/t9-/m1/s1. The Kier molecular flexibility index (Phi) is 3.77. The average molecular weight is 223 g/mol. The highest BCUT2D eigenvalue weighted by molar-refractivity contribution is 5.78. The predicted octanol–water partition coefficient (Wildman–Crippen LogP) is 1.91. The van der Waals surface area contributed by atoms with E-state index in [1.807, 2.05) is 25.1 Å². The number of rotatable bonds is 4. The first-order valence-corrected chi connectivity index (χ1v) is 5.07. The van der Waals surface area contributed by atoms with E-state index in [2.05, 4.69) is 0 Å². The van der Waals surface area contributed by atoms with Gasteiger partial charge in [0.1, 0.15) is 11.8 Å². The van der Waals surface area contributed by atoms with Gasteiger partial charge in [0, 0.05) is 7.05 Å². The maximum Gasteiger partial charge on any atom is 0.326 e. The summed E-state index contributed by atoms with van der Waals surface area (Å²) in [5, 5.41) is 8.96. The quantitative estimate of drug-likeness (QED) is 0.847. The van der Waals surface area contributed by atoms with E-state index in [9.17, 15) is 4.79 Å². The summed E-state index contributed by atoms with van der Waals surface area (Å²) in [6.07, 6.45) is 0. The first-order chi connectivity index (χ1) is 7.47. The topological polar surface area (TPSA) is 49.8 Å². The third-order valence-corrected chi connectivity index (χ3v) is 2.65. The van der Waals surface area contributed by atoms with Gasteiger partial charge < -0.3 is 14.7 Å². The van der Waals surface area contributed by atoms with Crippen LogP contribution in [0.5, 0.6) is 5.75 Å². The van der Waals surface area contributed by atoms with E-state index < -0.39 is 12.0 Å². The van der Waals surface area contributed by atoms with Crippen LogP contribution in [-0.2, 0) is 4.79 Å². The number of aliphatic carboxylic acids is 1. The van der Waals surface area contributed by atoms with E-state index >= 15 is 0 Å². The van der Waals surface area contributed by atoms with Gasteiger partial charge >= 0.3 is 5.97 Å². The molecule has 0 radical (unpaired) electrons. The molecule has 0 saturated carbocycles. The molecule has 1 rings (SSSR count). The van der Waals surface area contributed by atoms with E-state index in [4.69, 9.17) is 9.84 Å². The lowest BCUT2D eigenvalue weighted by Crippen LogP contribution is -2.36. The minimum Gasteiger partial charge on any atom is -0.495 e. The normalized spacial score (nSPS) is 12.0. The second-order valence-electron chi connectivity index (χ2n) is 3.80. The zero-order valence-corrected chi connectivity index (χ0v) is 10.0. The number of aryl methyl sites for hydroxylation is 1. The number of hydrogen-bond acceptors (Lipinski definition) is 3. The summed E-state index contributed by atoms with van der Waals surface area (Å²) in [5.74, 6) is -0.174. The summed E-state index contributed by atoms with van der Waals surface area (Å²) >= 11 is 0. The van der Waals surface area contributed by atoms with Crippen molar-refractivity contribution in [2.75, 3.05) is 19.1 Å². The minimum atomic E-state index is -0.856. The summed E-state index contributed by atoms with van der Waals surface area (Å²) in [4.78, 5) is 12.6. The monoisotopic (exact) mass is 223 g/mol. The molecule has 4 nitrogen and oxygen atoms in total. The summed E-state index contributed by atoms with van der Waals surface area (Å²) in [6, 6.07) is 5.10. The Labute approximate surface area is 95.5 Å². The first-order valence-electron chi connectivity index (χ1n) is 5.07. The molecule has 16 heavy (non-hydrogen) atoms. The van der Waals surface area contributed by atoms with Crippen molar-refractivity contribution in [3.8, 4) is 5.75 Å². The lowest BCUT2D eigenvalue weighted by Gasteiger charge is -2.25. The van der Waals surface area contributed by atoms with Gasteiger partial charge in [-0.15, -0.1) is 0 Å². The molecular weight excluding hydrogens is 206 g/mol. The largest absolute Gasteiger partial charge is 0.495 e. The third kappa shape index (κ3) is 2.45. The maximum absolute atomic E-state index is 10.9. The van der Waals surface area contributed by atoms with Crippen molar-refractivity contribution in [1.29, 1.82) is 0 Å². The summed E-state index contributed by atoms with van der Waals surface area (Å²) in [5.41, 5.74) is 1.86. The van der Waals surface area contributed by atoms with Crippen molar-refractivity contribution in [2.45, 2.75) is 19.9 Å². The van der Waals surface area contributed by atoms with Crippen LogP contribution in [0.1, 0.15) is 12.5 Å². The zero-order valence-electron chi connectivity index (χ0n) is 10.0. The Bertz CT molecular complexity index is 390. The van der Waals surface area contributed by atoms with Gasteiger partial charge in [0.05, 0.1) is 12.8 Å². The van der Waals surface area contributed by atoms with Gasteiger partial charge in [0.15, 0.2) is 0 Å². The number of benzene rings is 1. The fourth-order valence-electron chi connectivity index (χ4n) is 1.45. The Hall–Kier alpha value is -1.71. The number of nitrogens with zero attached hydrogens (tertiary/aromatic N) is 1. The lowest BCUT2D eigenvalue weighted by atomic mass is 10.1. The molecule has 4 heteroatoms. The molecule has 0 aliphatic rings. The number of likely N-dealkylation sites (N-methyl/N-ethyl adjacent to an activating group) is 1. The molecule has 1 atom stereocenters. The molecule has 88 valence electrons. The number of methoxy groups -OCH3 is 1. The van der Waals surface area contributed by atoms with Crippen molar-refractivity contribution < 1.29 is 14.6 Å². The molecule has 1 N–H and O–H groups in total. The van der Waals surface area contributed by atoms with E-state index in [-0.39, 0.29) is 0 Å². The SMILES string of the molecule is COc1ccc(C)cc1N(C)[C@H](C)C(=O)O. The van der Waals surface area contributed by atoms with Gasteiger partial charge in [-0.3, -0.25) is 0 Å². The Morgan fingerprint density at radius 3 is 2.62 bits per heavy atom.